The smallest absolute Gasteiger partial charge is 0.291 e. The molecule has 2 aromatic heterocycles. The van der Waals surface area contributed by atoms with Crippen molar-refractivity contribution >= 4 is 22.2 Å². The Morgan fingerprint density at radius 2 is 1.94 bits per heavy atom. The first kappa shape index (κ1) is 22.4. The van der Waals surface area contributed by atoms with E-state index in [0.717, 1.165) is 51.2 Å². The highest BCUT2D eigenvalue weighted by Crippen LogP contribution is 2.45. The van der Waals surface area contributed by atoms with Gasteiger partial charge in [-0.15, -0.1) is 11.3 Å². The predicted molar refractivity (Wildman–Crippen MR) is 124 cm³/mol. The third kappa shape index (κ3) is 4.39. The standard InChI is InChI=1S/C24H28N2O5S/c1-15-16(2)32-24(25-23(27)20-6-5-11-31-20)21(15)22(26-9-12-30-13-10-26)18-14-17(28-3)7-8-19(18)29-4/h5-8,11,14,22H,9-10,12-13H2,1-4H3,(H,25,27)/t22-/m0/s1. The molecule has 0 unspecified atom stereocenters. The topological polar surface area (TPSA) is 73.2 Å². The molecule has 3 aromatic rings. The van der Waals surface area contributed by atoms with Gasteiger partial charge in [-0.25, -0.2) is 0 Å². The minimum Gasteiger partial charge on any atom is -0.497 e. The molecule has 1 fully saturated rings. The van der Waals surface area contributed by atoms with Crippen LogP contribution in [-0.2, 0) is 4.74 Å². The summed E-state index contributed by atoms with van der Waals surface area (Å²) < 4.78 is 22.2. The van der Waals surface area contributed by atoms with E-state index in [0.29, 0.717) is 13.2 Å². The molecule has 0 spiro atoms. The molecular weight excluding hydrogens is 428 g/mol. The second kappa shape index (κ2) is 9.77. The van der Waals surface area contributed by atoms with E-state index in [-0.39, 0.29) is 17.7 Å². The fraction of sp³-hybridized carbons (Fsp3) is 0.375. The van der Waals surface area contributed by atoms with Crippen molar-refractivity contribution < 1.29 is 23.4 Å². The van der Waals surface area contributed by atoms with Crippen LogP contribution in [0.3, 0.4) is 0 Å². The molecule has 0 bridgehead atoms. The zero-order valence-corrected chi connectivity index (χ0v) is 19.6. The molecule has 3 heterocycles. The first-order chi connectivity index (χ1) is 15.5. The summed E-state index contributed by atoms with van der Waals surface area (Å²) in [6, 6.07) is 9.07. The van der Waals surface area contributed by atoms with Crippen LogP contribution in [0.5, 0.6) is 11.5 Å². The number of amides is 1. The average molecular weight is 457 g/mol. The van der Waals surface area contributed by atoms with Gasteiger partial charge in [-0.2, -0.15) is 0 Å². The summed E-state index contributed by atoms with van der Waals surface area (Å²) >= 11 is 1.57. The number of ether oxygens (including phenoxy) is 3. The first-order valence-electron chi connectivity index (χ1n) is 10.5. The molecular formula is C24H28N2O5S. The number of methoxy groups -OCH3 is 2. The number of anilines is 1. The predicted octanol–water partition coefficient (Wildman–Crippen LogP) is 4.65. The van der Waals surface area contributed by atoms with Crippen LogP contribution in [-0.4, -0.2) is 51.3 Å². The van der Waals surface area contributed by atoms with Crippen LogP contribution in [0.2, 0.25) is 0 Å². The molecule has 1 amide bonds. The molecule has 32 heavy (non-hydrogen) atoms. The number of furan rings is 1. The van der Waals surface area contributed by atoms with Crippen molar-refractivity contribution in [2.75, 3.05) is 45.8 Å². The Balaban J connectivity index is 1.84. The Kier molecular flexibility index (Phi) is 6.83. The third-order valence-electron chi connectivity index (χ3n) is 5.82. The van der Waals surface area contributed by atoms with Crippen molar-refractivity contribution in [3.8, 4) is 11.5 Å². The second-order valence-electron chi connectivity index (χ2n) is 7.62. The zero-order chi connectivity index (χ0) is 22.7. The molecule has 1 N–H and O–H groups in total. The van der Waals surface area contributed by atoms with Crippen molar-refractivity contribution in [2.24, 2.45) is 0 Å². The Bertz CT molecular complexity index is 1070. The van der Waals surface area contributed by atoms with E-state index in [4.69, 9.17) is 18.6 Å². The molecule has 1 aliphatic heterocycles. The lowest BCUT2D eigenvalue weighted by molar-refractivity contribution is 0.0236. The summed E-state index contributed by atoms with van der Waals surface area (Å²) in [5, 5.41) is 3.89. The summed E-state index contributed by atoms with van der Waals surface area (Å²) in [5.74, 6) is 1.54. The molecule has 1 aromatic carbocycles. The number of benzene rings is 1. The molecule has 7 nitrogen and oxygen atoms in total. The van der Waals surface area contributed by atoms with Crippen LogP contribution < -0.4 is 14.8 Å². The number of thiophene rings is 1. The van der Waals surface area contributed by atoms with E-state index in [1.54, 1.807) is 37.7 Å². The average Bonchev–Trinajstić information content (AvgIpc) is 3.45. The normalized spacial score (nSPS) is 15.4. The summed E-state index contributed by atoms with van der Waals surface area (Å²) in [5.41, 5.74) is 3.19. The lowest BCUT2D eigenvalue weighted by Gasteiger charge is -2.36. The van der Waals surface area contributed by atoms with Crippen molar-refractivity contribution in [3.05, 3.63) is 63.9 Å². The van der Waals surface area contributed by atoms with Crippen molar-refractivity contribution in [1.29, 1.82) is 0 Å². The van der Waals surface area contributed by atoms with Gasteiger partial charge in [-0.3, -0.25) is 9.69 Å². The van der Waals surface area contributed by atoms with Crippen molar-refractivity contribution in [1.82, 2.24) is 4.90 Å². The molecule has 0 radical (unpaired) electrons. The summed E-state index contributed by atoms with van der Waals surface area (Å²) in [4.78, 5) is 16.4. The Labute approximate surface area is 191 Å². The molecule has 1 atom stereocenters. The molecule has 1 saturated heterocycles. The first-order valence-corrected chi connectivity index (χ1v) is 11.3. The minimum absolute atomic E-state index is 0.138. The lowest BCUT2D eigenvalue weighted by Crippen LogP contribution is -2.40. The molecule has 4 rings (SSSR count). The largest absolute Gasteiger partial charge is 0.497 e. The number of carbonyl (C=O) groups is 1. The summed E-state index contributed by atoms with van der Waals surface area (Å²) in [6.45, 7) is 7.02. The second-order valence-corrected chi connectivity index (χ2v) is 8.84. The maximum absolute atomic E-state index is 12.8. The van der Waals surface area contributed by atoms with Gasteiger partial charge in [-0.1, -0.05) is 0 Å². The van der Waals surface area contributed by atoms with Crippen molar-refractivity contribution in [2.45, 2.75) is 19.9 Å². The monoisotopic (exact) mass is 456 g/mol. The van der Waals surface area contributed by atoms with Gasteiger partial charge in [0.1, 0.15) is 16.5 Å². The highest BCUT2D eigenvalue weighted by Gasteiger charge is 2.33. The van der Waals surface area contributed by atoms with Crippen LogP contribution in [0, 0.1) is 13.8 Å². The fourth-order valence-electron chi connectivity index (χ4n) is 4.06. The Morgan fingerprint density at radius 1 is 1.16 bits per heavy atom. The highest BCUT2D eigenvalue weighted by molar-refractivity contribution is 7.16. The van der Waals surface area contributed by atoms with E-state index in [2.05, 4.69) is 24.1 Å². The van der Waals surface area contributed by atoms with E-state index in [1.165, 1.54) is 6.26 Å². The maximum atomic E-state index is 12.8. The number of carbonyl (C=O) groups excluding carboxylic acids is 1. The number of nitrogens with zero attached hydrogens (tertiary/aromatic N) is 1. The quantitative estimate of drug-likeness (QED) is 0.558. The Hall–Kier alpha value is -2.81. The van der Waals surface area contributed by atoms with Crippen LogP contribution >= 0.6 is 11.3 Å². The molecule has 170 valence electrons. The van der Waals surface area contributed by atoms with E-state index >= 15 is 0 Å². The molecule has 1 aliphatic rings. The number of morpholine rings is 1. The van der Waals surface area contributed by atoms with Gasteiger partial charge in [0.15, 0.2) is 5.76 Å². The number of rotatable bonds is 7. The van der Waals surface area contributed by atoms with Gasteiger partial charge in [0.25, 0.3) is 5.91 Å². The fourth-order valence-corrected chi connectivity index (χ4v) is 5.15. The van der Waals surface area contributed by atoms with Crippen molar-refractivity contribution in [3.63, 3.8) is 0 Å². The van der Waals surface area contributed by atoms with Gasteiger partial charge in [0.2, 0.25) is 0 Å². The van der Waals surface area contributed by atoms with Gasteiger partial charge in [0, 0.05) is 29.1 Å². The van der Waals surface area contributed by atoms with Gasteiger partial charge in [0.05, 0.1) is 39.7 Å². The number of hydrogen-bond acceptors (Lipinski definition) is 7. The zero-order valence-electron chi connectivity index (χ0n) is 18.8. The van der Waals surface area contributed by atoms with E-state index in [9.17, 15) is 4.79 Å². The van der Waals surface area contributed by atoms with E-state index < -0.39 is 0 Å². The highest BCUT2D eigenvalue weighted by atomic mass is 32.1. The van der Waals surface area contributed by atoms with Crippen LogP contribution in [0.25, 0.3) is 0 Å². The number of nitrogens with one attached hydrogen (secondary N) is 1. The van der Waals surface area contributed by atoms with Gasteiger partial charge < -0.3 is 23.9 Å². The number of aryl methyl sites for hydroxylation is 1. The van der Waals surface area contributed by atoms with Gasteiger partial charge >= 0.3 is 0 Å². The molecule has 0 aliphatic carbocycles. The summed E-state index contributed by atoms with van der Waals surface area (Å²) in [6.07, 6.45) is 1.50. The minimum atomic E-state index is -0.268. The lowest BCUT2D eigenvalue weighted by atomic mass is 9.93. The third-order valence-corrected chi connectivity index (χ3v) is 6.96. The SMILES string of the molecule is COc1ccc(OC)c([C@@H](c2c(NC(=O)c3ccco3)sc(C)c2C)N2CCOCC2)c1. The molecule has 0 saturated carbocycles. The van der Waals surface area contributed by atoms with Crippen LogP contribution in [0.4, 0.5) is 5.00 Å². The van der Waals surface area contributed by atoms with Crippen LogP contribution in [0.1, 0.15) is 38.2 Å². The maximum Gasteiger partial charge on any atom is 0.291 e. The number of hydrogen-bond donors (Lipinski definition) is 1. The van der Waals surface area contributed by atoms with Gasteiger partial charge in [-0.05, 0) is 49.7 Å². The van der Waals surface area contributed by atoms with E-state index in [1.807, 2.05) is 18.2 Å². The Morgan fingerprint density at radius 3 is 2.59 bits per heavy atom. The summed E-state index contributed by atoms with van der Waals surface area (Å²) in [7, 11) is 3.33. The molecule has 8 heteroatoms. The van der Waals surface area contributed by atoms with Crippen LogP contribution in [0.15, 0.2) is 41.0 Å².